The van der Waals surface area contributed by atoms with E-state index in [-0.39, 0.29) is 12.5 Å². The van der Waals surface area contributed by atoms with Crippen molar-refractivity contribution < 1.29 is 14.3 Å². The van der Waals surface area contributed by atoms with E-state index in [0.29, 0.717) is 17.2 Å². The van der Waals surface area contributed by atoms with E-state index in [2.05, 4.69) is 21.1 Å². The number of fused-ring (bicyclic) bond motifs is 1. The number of benzene rings is 2. The number of hydrogen-bond donors (Lipinski definition) is 1. The Hall–Kier alpha value is -2.93. The van der Waals surface area contributed by atoms with Crippen molar-refractivity contribution in [3.8, 4) is 22.8 Å². The van der Waals surface area contributed by atoms with Crippen molar-refractivity contribution in [1.82, 2.24) is 9.55 Å². The average Bonchev–Trinajstić information content (AvgIpc) is 3.29. The molecule has 7 heteroatoms. The van der Waals surface area contributed by atoms with Gasteiger partial charge in [-0.3, -0.25) is 4.79 Å². The molecule has 1 amide bonds. The van der Waals surface area contributed by atoms with Crippen LogP contribution in [0.2, 0.25) is 0 Å². The SMILES string of the molecule is COc1cc(C)ccc1OCC(=O)Nc1cccc(-c2cn3c(n2)SCC3)c1. The van der Waals surface area contributed by atoms with Gasteiger partial charge in [0.2, 0.25) is 0 Å². The van der Waals surface area contributed by atoms with Gasteiger partial charge in [0, 0.05) is 29.7 Å². The van der Waals surface area contributed by atoms with Gasteiger partial charge in [-0.05, 0) is 36.8 Å². The summed E-state index contributed by atoms with van der Waals surface area (Å²) in [5.74, 6) is 2.00. The molecule has 0 aliphatic carbocycles. The summed E-state index contributed by atoms with van der Waals surface area (Å²) in [6.07, 6.45) is 2.06. The van der Waals surface area contributed by atoms with E-state index in [1.807, 2.05) is 43.3 Å². The summed E-state index contributed by atoms with van der Waals surface area (Å²) in [7, 11) is 1.58. The Morgan fingerprint density at radius 2 is 2.14 bits per heavy atom. The van der Waals surface area contributed by atoms with Crippen molar-refractivity contribution in [3.63, 3.8) is 0 Å². The fraction of sp³-hybridized carbons (Fsp3) is 0.238. The molecule has 0 saturated heterocycles. The van der Waals surface area contributed by atoms with Crippen LogP contribution in [0.3, 0.4) is 0 Å². The van der Waals surface area contributed by atoms with E-state index in [9.17, 15) is 4.79 Å². The maximum Gasteiger partial charge on any atom is 0.262 e. The van der Waals surface area contributed by atoms with E-state index in [0.717, 1.165) is 34.3 Å². The molecule has 1 aliphatic rings. The van der Waals surface area contributed by atoms with E-state index >= 15 is 0 Å². The average molecular weight is 395 g/mol. The lowest BCUT2D eigenvalue weighted by atomic mass is 10.1. The Bertz CT molecular complexity index is 994. The molecular formula is C21H21N3O3S. The van der Waals surface area contributed by atoms with Gasteiger partial charge >= 0.3 is 0 Å². The molecule has 1 N–H and O–H groups in total. The zero-order valence-corrected chi connectivity index (χ0v) is 16.6. The highest BCUT2D eigenvalue weighted by Crippen LogP contribution is 2.30. The molecule has 4 rings (SSSR count). The van der Waals surface area contributed by atoms with Gasteiger partial charge in [-0.1, -0.05) is 30.0 Å². The van der Waals surface area contributed by atoms with Gasteiger partial charge < -0.3 is 19.4 Å². The summed E-state index contributed by atoms with van der Waals surface area (Å²) < 4.78 is 13.1. The molecule has 144 valence electrons. The number of anilines is 1. The number of aromatic nitrogens is 2. The second-order valence-electron chi connectivity index (χ2n) is 6.52. The van der Waals surface area contributed by atoms with E-state index in [1.54, 1.807) is 24.9 Å². The smallest absolute Gasteiger partial charge is 0.262 e. The van der Waals surface area contributed by atoms with Crippen LogP contribution in [0.4, 0.5) is 5.69 Å². The van der Waals surface area contributed by atoms with Crippen LogP contribution in [0.1, 0.15) is 5.56 Å². The topological polar surface area (TPSA) is 65.4 Å². The van der Waals surface area contributed by atoms with Crippen LogP contribution in [0, 0.1) is 6.92 Å². The van der Waals surface area contributed by atoms with E-state index in [1.165, 1.54) is 0 Å². The van der Waals surface area contributed by atoms with Gasteiger partial charge in [0.15, 0.2) is 23.3 Å². The van der Waals surface area contributed by atoms with Crippen LogP contribution in [0.15, 0.2) is 53.8 Å². The van der Waals surface area contributed by atoms with Crippen LogP contribution < -0.4 is 14.8 Å². The van der Waals surface area contributed by atoms with Gasteiger partial charge in [0.05, 0.1) is 12.8 Å². The lowest BCUT2D eigenvalue weighted by Crippen LogP contribution is -2.20. The molecule has 0 bridgehead atoms. The molecule has 1 aliphatic heterocycles. The summed E-state index contributed by atoms with van der Waals surface area (Å²) in [4.78, 5) is 17.0. The Labute approximate surface area is 167 Å². The molecule has 0 fully saturated rings. The number of methoxy groups -OCH3 is 1. The second-order valence-corrected chi connectivity index (χ2v) is 7.58. The number of carbonyl (C=O) groups is 1. The van der Waals surface area contributed by atoms with Crippen LogP contribution in [-0.4, -0.2) is 34.9 Å². The summed E-state index contributed by atoms with van der Waals surface area (Å²) in [6, 6.07) is 13.3. The van der Waals surface area contributed by atoms with Gasteiger partial charge in [-0.25, -0.2) is 4.98 Å². The number of nitrogens with one attached hydrogen (secondary N) is 1. The predicted molar refractivity (Wildman–Crippen MR) is 110 cm³/mol. The van der Waals surface area contributed by atoms with Crippen molar-refractivity contribution in [2.45, 2.75) is 18.6 Å². The normalized spacial score (nSPS) is 12.5. The highest BCUT2D eigenvalue weighted by atomic mass is 32.2. The summed E-state index contributed by atoms with van der Waals surface area (Å²) >= 11 is 1.76. The number of nitrogens with zero attached hydrogens (tertiary/aromatic N) is 2. The number of imidazole rings is 1. The molecule has 0 spiro atoms. The molecular weight excluding hydrogens is 374 g/mol. The Kier molecular flexibility index (Phi) is 5.25. The van der Waals surface area contributed by atoms with Crippen molar-refractivity contribution >= 4 is 23.4 Å². The first-order valence-electron chi connectivity index (χ1n) is 9.00. The molecule has 1 aromatic heterocycles. The van der Waals surface area contributed by atoms with Crippen LogP contribution in [0.5, 0.6) is 11.5 Å². The standard InChI is InChI=1S/C21H21N3O3S/c1-14-6-7-18(19(10-14)26-2)27-13-20(25)22-16-5-3-4-15(11-16)17-12-24-8-9-28-21(24)23-17/h3-7,10-12H,8-9,13H2,1-2H3,(H,22,25). The fourth-order valence-corrected chi connectivity index (χ4v) is 3.98. The first kappa shape index (κ1) is 18.4. The lowest BCUT2D eigenvalue weighted by Gasteiger charge is -2.11. The van der Waals surface area contributed by atoms with Crippen molar-refractivity contribution in [1.29, 1.82) is 0 Å². The van der Waals surface area contributed by atoms with Crippen molar-refractivity contribution in [2.24, 2.45) is 0 Å². The lowest BCUT2D eigenvalue weighted by molar-refractivity contribution is -0.118. The number of ether oxygens (including phenoxy) is 2. The third-order valence-corrected chi connectivity index (χ3v) is 5.39. The van der Waals surface area contributed by atoms with Gasteiger partial charge in [-0.15, -0.1) is 0 Å². The summed E-state index contributed by atoms with van der Waals surface area (Å²) in [5, 5.41) is 3.92. The molecule has 0 saturated carbocycles. The Morgan fingerprint density at radius 1 is 1.25 bits per heavy atom. The molecule has 2 heterocycles. The maximum atomic E-state index is 12.3. The minimum atomic E-state index is -0.234. The zero-order chi connectivity index (χ0) is 19.5. The van der Waals surface area contributed by atoms with Crippen molar-refractivity contribution in [2.75, 3.05) is 24.8 Å². The number of amides is 1. The minimum absolute atomic E-state index is 0.0982. The van der Waals surface area contributed by atoms with E-state index < -0.39 is 0 Å². The largest absolute Gasteiger partial charge is 0.493 e. The highest BCUT2D eigenvalue weighted by molar-refractivity contribution is 7.99. The summed E-state index contributed by atoms with van der Waals surface area (Å²) in [5.41, 5.74) is 3.66. The Balaban J connectivity index is 1.41. The second kappa shape index (κ2) is 7.98. The molecule has 2 aromatic carbocycles. The molecule has 28 heavy (non-hydrogen) atoms. The fourth-order valence-electron chi connectivity index (χ4n) is 3.04. The maximum absolute atomic E-state index is 12.3. The van der Waals surface area contributed by atoms with Gasteiger partial charge in [0.1, 0.15) is 0 Å². The minimum Gasteiger partial charge on any atom is -0.493 e. The predicted octanol–water partition coefficient (Wildman–Crippen LogP) is 3.99. The van der Waals surface area contributed by atoms with E-state index in [4.69, 9.17) is 9.47 Å². The van der Waals surface area contributed by atoms with Crippen molar-refractivity contribution in [3.05, 3.63) is 54.2 Å². The number of hydrogen-bond acceptors (Lipinski definition) is 5. The molecule has 0 atom stereocenters. The number of carbonyl (C=O) groups excluding carboxylic acids is 1. The molecule has 0 radical (unpaired) electrons. The zero-order valence-electron chi connectivity index (χ0n) is 15.8. The quantitative estimate of drug-likeness (QED) is 0.684. The molecule has 3 aromatic rings. The first-order chi connectivity index (χ1) is 13.6. The first-order valence-corrected chi connectivity index (χ1v) is 9.98. The third kappa shape index (κ3) is 3.99. The van der Waals surface area contributed by atoms with Gasteiger partial charge in [0.25, 0.3) is 5.91 Å². The summed E-state index contributed by atoms with van der Waals surface area (Å²) in [6.45, 7) is 2.86. The Morgan fingerprint density at radius 3 is 2.96 bits per heavy atom. The number of thioether (sulfide) groups is 1. The third-order valence-electron chi connectivity index (χ3n) is 4.42. The number of rotatable bonds is 6. The van der Waals surface area contributed by atoms with Crippen LogP contribution >= 0.6 is 11.8 Å². The van der Waals surface area contributed by atoms with Crippen LogP contribution in [0.25, 0.3) is 11.3 Å². The van der Waals surface area contributed by atoms with Crippen LogP contribution in [-0.2, 0) is 11.3 Å². The molecule has 6 nitrogen and oxygen atoms in total. The van der Waals surface area contributed by atoms with Gasteiger partial charge in [-0.2, -0.15) is 0 Å². The highest BCUT2D eigenvalue weighted by Gasteiger charge is 2.15. The monoisotopic (exact) mass is 395 g/mol. The number of aryl methyl sites for hydroxylation is 2. The molecule has 0 unspecified atom stereocenters.